The summed E-state index contributed by atoms with van der Waals surface area (Å²) in [6.45, 7) is 3.88. The highest BCUT2D eigenvalue weighted by Crippen LogP contribution is 2.20. The lowest BCUT2D eigenvalue weighted by Gasteiger charge is -2.22. The maximum absolute atomic E-state index is 11.9. The topological polar surface area (TPSA) is 58.1 Å². The average molecular weight is 248 g/mol. The number of aromatic nitrogens is 2. The fraction of sp³-hybridized carbons (Fsp3) is 0.615. The van der Waals surface area contributed by atoms with E-state index in [0.717, 1.165) is 37.4 Å². The van der Waals surface area contributed by atoms with Crippen LogP contribution in [0.2, 0.25) is 0 Å². The molecule has 0 aromatic carbocycles. The fourth-order valence-electron chi connectivity index (χ4n) is 2.20. The van der Waals surface area contributed by atoms with Crippen molar-refractivity contribution in [2.24, 2.45) is 0 Å². The molecule has 1 N–H and O–H groups in total. The Hall–Kier alpha value is -1.49. The van der Waals surface area contributed by atoms with Gasteiger partial charge in [-0.1, -0.05) is 0 Å². The summed E-state index contributed by atoms with van der Waals surface area (Å²) in [5, 5.41) is 3.35. The van der Waals surface area contributed by atoms with Crippen LogP contribution in [0.4, 0.5) is 0 Å². The number of rotatable bonds is 2. The molecule has 1 aromatic rings. The normalized spacial score (nSPS) is 19.6. The van der Waals surface area contributed by atoms with E-state index in [9.17, 15) is 4.79 Å². The third-order valence-corrected chi connectivity index (χ3v) is 3.30. The van der Waals surface area contributed by atoms with E-state index in [2.05, 4.69) is 15.3 Å². The third kappa shape index (κ3) is 2.67. The molecule has 0 unspecified atom stereocenters. The van der Waals surface area contributed by atoms with Gasteiger partial charge < -0.3 is 10.2 Å². The number of piperidine rings is 1. The molecule has 1 amide bonds. The summed E-state index contributed by atoms with van der Waals surface area (Å²) in [6.07, 6.45) is 3.94. The maximum atomic E-state index is 11.9. The monoisotopic (exact) mass is 248 g/mol. The number of aryl methyl sites for hydroxylation is 1. The molecule has 5 nitrogen and oxygen atoms in total. The fourth-order valence-corrected chi connectivity index (χ4v) is 2.20. The minimum atomic E-state index is -0.0409. The first kappa shape index (κ1) is 13.0. The Labute approximate surface area is 108 Å². The summed E-state index contributed by atoms with van der Waals surface area (Å²) in [7, 11) is 3.47. The summed E-state index contributed by atoms with van der Waals surface area (Å²) in [6, 6.07) is 0. The van der Waals surface area contributed by atoms with Crippen molar-refractivity contribution in [1.82, 2.24) is 20.2 Å². The molecular formula is C13H20N4O. The lowest BCUT2D eigenvalue weighted by atomic mass is 9.98. The highest BCUT2D eigenvalue weighted by molar-refractivity contribution is 5.94. The van der Waals surface area contributed by atoms with Crippen LogP contribution < -0.4 is 5.32 Å². The van der Waals surface area contributed by atoms with Crippen LogP contribution in [-0.4, -0.2) is 48.0 Å². The quantitative estimate of drug-likeness (QED) is 0.846. The minimum Gasteiger partial charge on any atom is -0.345 e. The van der Waals surface area contributed by atoms with Crippen molar-refractivity contribution in [2.75, 3.05) is 27.2 Å². The van der Waals surface area contributed by atoms with Crippen LogP contribution in [-0.2, 0) is 0 Å². The lowest BCUT2D eigenvalue weighted by Crippen LogP contribution is -2.30. The van der Waals surface area contributed by atoms with Gasteiger partial charge in [-0.05, 0) is 26.3 Å². The van der Waals surface area contributed by atoms with Gasteiger partial charge in [-0.2, -0.15) is 0 Å². The number of nitrogens with zero attached hydrogens (tertiary/aromatic N) is 3. The first-order valence-corrected chi connectivity index (χ1v) is 6.35. The van der Waals surface area contributed by atoms with Crippen molar-refractivity contribution in [3.8, 4) is 0 Å². The molecule has 5 heteroatoms. The van der Waals surface area contributed by atoms with Gasteiger partial charge in [0.05, 0.1) is 11.3 Å². The van der Waals surface area contributed by atoms with Gasteiger partial charge in [0.2, 0.25) is 0 Å². The summed E-state index contributed by atoms with van der Waals surface area (Å²) in [5.74, 6) is 1.19. The Balaban J connectivity index is 2.21. The second-order valence-corrected chi connectivity index (χ2v) is 4.97. The molecule has 1 aromatic heterocycles. The van der Waals surface area contributed by atoms with Gasteiger partial charge >= 0.3 is 0 Å². The highest BCUT2D eigenvalue weighted by atomic mass is 16.2. The van der Waals surface area contributed by atoms with Gasteiger partial charge in [0.1, 0.15) is 5.82 Å². The third-order valence-electron chi connectivity index (χ3n) is 3.30. The Kier molecular flexibility index (Phi) is 3.91. The zero-order valence-electron chi connectivity index (χ0n) is 11.2. The second kappa shape index (κ2) is 5.44. The SMILES string of the molecule is Cc1nc([C@H]2CCCNC2)ncc1C(=O)N(C)C. The molecule has 0 bridgehead atoms. The first-order valence-electron chi connectivity index (χ1n) is 6.35. The standard InChI is InChI=1S/C13H20N4O/c1-9-11(13(18)17(2)3)8-15-12(16-9)10-5-4-6-14-7-10/h8,10,14H,4-7H2,1-3H3/t10-/m0/s1. The minimum absolute atomic E-state index is 0.0409. The van der Waals surface area contributed by atoms with Crippen molar-refractivity contribution >= 4 is 5.91 Å². The van der Waals surface area contributed by atoms with Gasteiger partial charge in [-0.3, -0.25) is 4.79 Å². The van der Waals surface area contributed by atoms with E-state index in [1.165, 1.54) is 0 Å². The van der Waals surface area contributed by atoms with Gasteiger partial charge in [-0.15, -0.1) is 0 Å². The van der Waals surface area contributed by atoms with Gasteiger partial charge in [0.15, 0.2) is 0 Å². The van der Waals surface area contributed by atoms with Crippen molar-refractivity contribution in [3.05, 3.63) is 23.3 Å². The van der Waals surface area contributed by atoms with Gasteiger partial charge in [-0.25, -0.2) is 9.97 Å². The molecule has 0 spiro atoms. The number of carbonyl (C=O) groups excluding carboxylic acids is 1. The van der Waals surface area contributed by atoms with Crippen molar-refractivity contribution in [3.63, 3.8) is 0 Å². The molecule has 1 aliphatic rings. The number of nitrogens with one attached hydrogen (secondary N) is 1. The van der Waals surface area contributed by atoms with Crippen LogP contribution in [0.15, 0.2) is 6.20 Å². The molecule has 2 heterocycles. The van der Waals surface area contributed by atoms with E-state index < -0.39 is 0 Å². The summed E-state index contributed by atoms with van der Waals surface area (Å²) >= 11 is 0. The van der Waals surface area contributed by atoms with E-state index in [4.69, 9.17) is 0 Å². The van der Waals surface area contributed by atoms with Crippen LogP contribution in [0.1, 0.15) is 40.6 Å². The van der Waals surface area contributed by atoms with Gasteiger partial charge in [0, 0.05) is 32.8 Å². The van der Waals surface area contributed by atoms with Crippen molar-refractivity contribution < 1.29 is 4.79 Å². The lowest BCUT2D eigenvalue weighted by molar-refractivity contribution is 0.0826. The van der Waals surface area contributed by atoms with E-state index in [1.807, 2.05) is 6.92 Å². The van der Waals surface area contributed by atoms with Crippen molar-refractivity contribution in [2.45, 2.75) is 25.7 Å². The molecule has 1 fully saturated rings. The zero-order valence-corrected chi connectivity index (χ0v) is 11.2. The van der Waals surface area contributed by atoms with Crippen LogP contribution in [0, 0.1) is 6.92 Å². The molecule has 0 radical (unpaired) electrons. The van der Waals surface area contributed by atoms with Crippen LogP contribution in [0.25, 0.3) is 0 Å². The van der Waals surface area contributed by atoms with E-state index in [-0.39, 0.29) is 5.91 Å². The smallest absolute Gasteiger partial charge is 0.256 e. The Morgan fingerprint density at radius 1 is 1.50 bits per heavy atom. The summed E-state index contributed by atoms with van der Waals surface area (Å²) < 4.78 is 0. The number of hydrogen-bond acceptors (Lipinski definition) is 4. The first-order chi connectivity index (χ1) is 8.59. The van der Waals surface area contributed by atoms with E-state index in [0.29, 0.717) is 11.5 Å². The van der Waals surface area contributed by atoms with Crippen LogP contribution in [0.5, 0.6) is 0 Å². The predicted octanol–water partition coefficient (Wildman–Crippen LogP) is 0.954. The number of carbonyl (C=O) groups is 1. The molecule has 2 rings (SSSR count). The molecule has 18 heavy (non-hydrogen) atoms. The van der Waals surface area contributed by atoms with Crippen LogP contribution >= 0.6 is 0 Å². The largest absolute Gasteiger partial charge is 0.345 e. The Morgan fingerprint density at radius 2 is 2.28 bits per heavy atom. The second-order valence-electron chi connectivity index (χ2n) is 4.97. The molecule has 98 valence electrons. The van der Waals surface area contributed by atoms with Crippen LogP contribution in [0.3, 0.4) is 0 Å². The summed E-state index contributed by atoms with van der Waals surface area (Å²) in [5.41, 5.74) is 1.36. The Bertz CT molecular complexity index is 439. The molecular weight excluding hydrogens is 228 g/mol. The maximum Gasteiger partial charge on any atom is 0.256 e. The average Bonchev–Trinajstić information content (AvgIpc) is 2.38. The molecule has 1 saturated heterocycles. The van der Waals surface area contributed by atoms with Gasteiger partial charge in [0.25, 0.3) is 5.91 Å². The molecule has 1 aliphatic heterocycles. The van der Waals surface area contributed by atoms with E-state index in [1.54, 1.807) is 25.2 Å². The number of amides is 1. The molecule has 0 saturated carbocycles. The van der Waals surface area contributed by atoms with E-state index >= 15 is 0 Å². The van der Waals surface area contributed by atoms with Crippen molar-refractivity contribution in [1.29, 1.82) is 0 Å². The summed E-state index contributed by atoms with van der Waals surface area (Å²) in [4.78, 5) is 22.3. The molecule has 1 atom stereocenters. The Morgan fingerprint density at radius 3 is 2.83 bits per heavy atom. The highest BCUT2D eigenvalue weighted by Gasteiger charge is 2.20. The molecule has 0 aliphatic carbocycles. The zero-order chi connectivity index (χ0) is 13.1. The predicted molar refractivity (Wildman–Crippen MR) is 69.6 cm³/mol. The number of hydrogen-bond donors (Lipinski definition) is 1.